The normalized spacial score (nSPS) is 43.3. The van der Waals surface area contributed by atoms with Gasteiger partial charge in [-0.3, -0.25) is 38.8 Å². The van der Waals surface area contributed by atoms with Gasteiger partial charge in [0.2, 0.25) is 23.6 Å². The molecule has 2 saturated carbocycles. The van der Waals surface area contributed by atoms with Gasteiger partial charge >= 0.3 is 0 Å². The molecule has 8 aliphatic rings. The summed E-state index contributed by atoms with van der Waals surface area (Å²) in [6.45, 7) is 7.82. The Kier molecular flexibility index (Phi) is 5.23. The number of carbonyl (C=O) groups excluding carboxylic acids is 4. The number of carbonyl (C=O) groups is 4. The third-order valence-electron chi connectivity index (χ3n) is 10.4. The van der Waals surface area contributed by atoms with Gasteiger partial charge in [0.25, 0.3) is 0 Å². The van der Waals surface area contributed by atoms with Crippen LogP contribution in [0.1, 0.15) is 0 Å². The molecule has 4 amide bonds. The van der Waals surface area contributed by atoms with Gasteiger partial charge in [0.15, 0.2) is 0 Å². The van der Waals surface area contributed by atoms with Gasteiger partial charge in [-0.2, -0.15) is 0 Å². The summed E-state index contributed by atoms with van der Waals surface area (Å²) in [6.07, 6.45) is 4.18. The molecule has 8 rings (SSSR count). The lowest BCUT2D eigenvalue weighted by molar-refractivity contribution is -0.166. The average molecular weight is 497 g/mol. The van der Waals surface area contributed by atoms with Crippen molar-refractivity contribution < 1.29 is 19.2 Å². The van der Waals surface area contributed by atoms with Crippen LogP contribution in [0.25, 0.3) is 0 Å². The van der Waals surface area contributed by atoms with E-state index in [9.17, 15) is 19.2 Å². The summed E-state index contributed by atoms with van der Waals surface area (Å²) < 4.78 is 0. The van der Waals surface area contributed by atoms with E-state index in [1.165, 1.54) is 9.80 Å². The maximum absolute atomic E-state index is 13.6. The van der Waals surface area contributed by atoms with Crippen LogP contribution in [0, 0.1) is 47.3 Å². The highest BCUT2D eigenvalue weighted by Crippen LogP contribution is 2.68. The first-order valence-corrected chi connectivity index (χ1v) is 13.6. The van der Waals surface area contributed by atoms with Crippen LogP contribution < -0.4 is 0 Å². The van der Waals surface area contributed by atoms with Crippen LogP contribution >= 0.6 is 0 Å². The average Bonchev–Trinajstić information content (AvgIpc) is 3.22. The first-order chi connectivity index (χ1) is 17.3. The quantitative estimate of drug-likeness (QED) is 0.349. The van der Waals surface area contributed by atoms with Crippen LogP contribution in [0.15, 0.2) is 12.2 Å². The lowest BCUT2D eigenvalue weighted by atomic mass is 9.40. The number of hydrogen-bond acceptors (Lipinski definition) is 8. The molecule has 4 heterocycles. The molecule has 2 bridgehead atoms. The first kappa shape index (κ1) is 23.0. The second-order valence-electron chi connectivity index (χ2n) is 12.1. The Morgan fingerprint density at radius 1 is 0.556 bits per heavy atom. The van der Waals surface area contributed by atoms with Crippen molar-refractivity contribution >= 4 is 23.6 Å². The highest BCUT2D eigenvalue weighted by molar-refractivity contribution is 6.09. The summed E-state index contributed by atoms with van der Waals surface area (Å²) in [5, 5.41) is 0. The number of hydrogen-bond donors (Lipinski definition) is 0. The van der Waals surface area contributed by atoms with Crippen LogP contribution in [0.4, 0.5) is 0 Å². The zero-order valence-corrected chi connectivity index (χ0v) is 21.2. The molecular weight excluding hydrogens is 460 g/mol. The van der Waals surface area contributed by atoms with Crippen molar-refractivity contribution in [2.24, 2.45) is 47.3 Å². The van der Waals surface area contributed by atoms with E-state index in [-0.39, 0.29) is 71.0 Å². The van der Waals surface area contributed by atoms with Gasteiger partial charge in [-0.05, 0) is 37.8 Å². The van der Waals surface area contributed by atoms with Crippen molar-refractivity contribution in [2.75, 3.05) is 79.8 Å². The van der Waals surface area contributed by atoms with Crippen LogP contribution in [-0.2, 0) is 19.2 Å². The summed E-state index contributed by atoms with van der Waals surface area (Å²) in [6, 6.07) is 0. The summed E-state index contributed by atoms with van der Waals surface area (Å²) in [4.78, 5) is 66.1. The molecule has 4 saturated heterocycles. The molecule has 6 fully saturated rings. The van der Waals surface area contributed by atoms with Crippen molar-refractivity contribution in [1.29, 1.82) is 0 Å². The Hall–Kier alpha value is -2.14. The fourth-order valence-corrected chi connectivity index (χ4v) is 8.38. The van der Waals surface area contributed by atoms with E-state index in [4.69, 9.17) is 0 Å². The predicted molar refractivity (Wildman–Crippen MR) is 129 cm³/mol. The van der Waals surface area contributed by atoms with Gasteiger partial charge in [0.05, 0.1) is 37.0 Å². The van der Waals surface area contributed by atoms with E-state index in [0.29, 0.717) is 13.3 Å². The molecule has 8 atom stereocenters. The standard InChI is InChI=1S/C26H36N6O4/c1-27-5-9-29(10-6-27)13-31-23(33)19-15-3-4-16(20(19)24(31)34)18-17(15)21-22(18)26(36)32(25(21)35)14-30-11-7-28(2)8-12-30/h3-4,15-22H,5-14H2,1-2H3/t15-,16-,17-,18-,19+,20+,21-,22-/m1/s1. The number of likely N-dealkylation sites (N-methyl/N-ethyl adjacent to an activating group) is 2. The molecule has 36 heavy (non-hydrogen) atoms. The Morgan fingerprint density at radius 3 is 1.25 bits per heavy atom. The highest BCUT2D eigenvalue weighted by atomic mass is 16.2. The van der Waals surface area contributed by atoms with Crippen LogP contribution in [0.3, 0.4) is 0 Å². The van der Waals surface area contributed by atoms with E-state index < -0.39 is 0 Å². The third kappa shape index (κ3) is 3.10. The maximum Gasteiger partial charge on any atom is 0.234 e. The maximum atomic E-state index is 13.6. The number of rotatable bonds is 4. The molecule has 0 radical (unpaired) electrons. The number of amides is 4. The van der Waals surface area contributed by atoms with Gasteiger partial charge in [0.1, 0.15) is 0 Å². The minimum Gasteiger partial charge on any atom is -0.304 e. The lowest BCUT2D eigenvalue weighted by Gasteiger charge is -2.60. The van der Waals surface area contributed by atoms with E-state index in [0.717, 1.165) is 52.4 Å². The molecule has 194 valence electrons. The number of piperazine rings is 2. The summed E-state index contributed by atoms with van der Waals surface area (Å²) in [5.74, 6) is -1.93. The first-order valence-electron chi connectivity index (χ1n) is 13.6. The zero-order chi connectivity index (χ0) is 24.9. The SMILES string of the molecule is CN1CCN(CN2C(=O)[C@H]3[C@@H]4C=C[C@@H]([C@@H]3C2=O)[C@H]2[C@H]3C(=O)N(CN5CCN(C)CC5)C(=O)[C@@H]3[C@H]42)CC1. The number of imide groups is 2. The second-order valence-corrected chi connectivity index (χ2v) is 12.1. The molecule has 4 aliphatic carbocycles. The molecule has 0 aromatic carbocycles. The van der Waals surface area contributed by atoms with Crippen molar-refractivity contribution in [3.8, 4) is 0 Å². The van der Waals surface area contributed by atoms with Crippen molar-refractivity contribution in [3.63, 3.8) is 0 Å². The smallest absolute Gasteiger partial charge is 0.234 e. The summed E-state index contributed by atoms with van der Waals surface area (Å²) in [5.41, 5.74) is 0. The summed E-state index contributed by atoms with van der Waals surface area (Å²) in [7, 11) is 4.17. The molecule has 0 spiro atoms. The fourth-order valence-electron chi connectivity index (χ4n) is 8.38. The topological polar surface area (TPSA) is 87.7 Å². The second kappa shape index (κ2) is 8.18. The monoisotopic (exact) mass is 496 g/mol. The van der Waals surface area contributed by atoms with E-state index in [2.05, 4.69) is 45.8 Å². The Morgan fingerprint density at radius 2 is 0.889 bits per heavy atom. The van der Waals surface area contributed by atoms with E-state index in [1.54, 1.807) is 0 Å². The third-order valence-corrected chi connectivity index (χ3v) is 10.4. The fraction of sp³-hybridized carbons (Fsp3) is 0.769. The minimum absolute atomic E-state index is 0.000487. The molecule has 4 aliphatic heterocycles. The van der Waals surface area contributed by atoms with Crippen molar-refractivity contribution in [1.82, 2.24) is 29.4 Å². The number of nitrogens with zero attached hydrogens (tertiary/aromatic N) is 6. The zero-order valence-electron chi connectivity index (χ0n) is 21.2. The summed E-state index contributed by atoms with van der Waals surface area (Å²) >= 11 is 0. The van der Waals surface area contributed by atoms with E-state index in [1.807, 2.05) is 0 Å². The lowest BCUT2D eigenvalue weighted by Crippen LogP contribution is -2.63. The van der Waals surface area contributed by atoms with Gasteiger partial charge < -0.3 is 9.80 Å². The van der Waals surface area contributed by atoms with Crippen molar-refractivity contribution in [2.45, 2.75) is 0 Å². The van der Waals surface area contributed by atoms with E-state index >= 15 is 0 Å². The number of allylic oxidation sites excluding steroid dienone is 2. The Balaban J connectivity index is 1.10. The van der Waals surface area contributed by atoms with Gasteiger partial charge in [0, 0.05) is 52.4 Å². The molecule has 0 aromatic heterocycles. The molecule has 0 aromatic rings. The number of fused-ring (bicyclic) bond motifs is 1. The van der Waals surface area contributed by atoms with Gasteiger partial charge in [-0.15, -0.1) is 0 Å². The Labute approximate surface area is 211 Å². The van der Waals surface area contributed by atoms with Crippen LogP contribution in [-0.4, -0.2) is 133 Å². The molecule has 10 heteroatoms. The van der Waals surface area contributed by atoms with Crippen molar-refractivity contribution in [3.05, 3.63) is 12.2 Å². The molecule has 0 N–H and O–H groups in total. The molecular formula is C26H36N6O4. The predicted octanol–water partition coefficient (Wildman–Crippen LogP) is -1.34. The largest absolute Gasteiger partial charge is 0.304 e. The number of likely N-dealkylation sites (tertiary alicyclic amines) is 2. The van der Waals surface area contributed by atoms with Gasteiger partial charge in [-0.1, -0.05) is 12.2 Å². The molecule has 10 nitrogen and oxygen atoms in total. The van der Waals surface area contributed by atoms with Crippen LogP contribution in [0.5, 0.6) is 0 Å². The van der Waals surface area contributed by atoms with Gasteiger partial charge in [-0.25, -0.2) is 0 Å². The Bertz CT molecular complexity index is 975. The van der Waals surface area contributed by atoms with Crippen LogP contribution in [0.2, 0.25) is 0 Å². The highest BCUT2D eigenvalue weighted by Gasteiger charge is 2.75. The minimum atomic E-state index is -0.378. The molecule has 0 unspecified atom stereocenters.